The second kappa shape index (κ2) is 7.74. The number of amides is 1. The molecule has 1 atom stereocenters. The number of nitro benzene ring substituents is 1. The Morgan fingerprint density at radius 1 is 1.15 bits per heavy atom. The minimum absolute atomic E-state index is 0.0389. The van der Waals surface area contributed by atoms with Crippen molar-refractivity contribution in [1.29, 1.82) is 0 Å². The smallest absolute Gasteiger partial charge is 0.287 e. The van der Waals surface area contributed by atoms with Crippen LogP contribution in [-0.4, -0.2) is 17.9 Å². The number of benzene rings is 2. The summed E-state index contributed by atoms with van der Waals surface area (Å²) in [5.41, 5.74) is 1.42. The van der Waals surface area contributed by atoms with Gasteiger partial charge in [-0.2, -0.15) is 0 Å². The molecule has 0 aliphatic heterocycles. The first-order valence-electron chi connectivity index (χ1n) is 8.27. The van der Waals surface area contributed by atoms with E-state index in [1.807, 2.05) is 31.2 Å². The van der Waals surface area contributed by atoms with Crippen molar-refractivity contribution in [3.05, 3.63) is 82.1 Å². The van der Waals surface area contributed by atoms with Gasteiger partial charge in [0.05, 0.1) is 18.1 Å². The number of hydrogen-bond donors (Lipinski definition) is 1. The average molecular weight is 366 g/mol. The highest BCUT2D eigenvalue weighted by Gasteiger charge is 2.17. The predicted molar refractivity (Wildman–Crippen MR) is 99.7 cm³/mol. The maximum Gasteiger partial charge on any atom is 0.287 e. The Kier molecular flexibility index (Phi) is 5.21. The fourth-order valence-electron chi connectivity index (χ4n) is 2.63. The van der Waals surface area contributed by atoms with E-state index in [4.69, 9.17) is 9.15 Å². The fourth-order valence-corrected chi connectivity index (χ4v) is 2.63. The molecule has 1 unspecified atom stereocenters. The van der Waals surface area contributed by atoms with Gasteiger partial charge in [-0.15, -0.1) is 0 Å². The van der Waals surface area contributed by atoms with Crippen molar-refractivity contribution in [2.45, 2.75) is 13.0 Å². The standard InChI is InChI=1S/C20H18N2O5/c1-13(14-6-8-17(26-2)9-7-14)21-20(23)19-11-10-18(27-19)15-4-3-5-16(12-15)22(24)25/h3-13H,1-2H3,(H,21,23). The van der Waals surface area contributed by atoms with Crippen LogP contribution in [0.5, 0.6) is 5.75 Å². The Balaban J connectivity index is 1.72. The lowest BCUT2D eigenvalue weighted by Gasteiger charge is -2.13. The molecule has 1 N–H and O–H groups in total. The Hall–Kier alpha value is -3.61. The van der Waals surface area contributed by atoms with Crippen LogP contribution in [-0.2, 0) is 0 Å². The van der Waals surface area contributed by atoms with Gasteiger partial charge >= 0.3 is 0 Å². The summed E-state index contributed by atoms with van der Waals surface area (Å²) < 4.78 is 10.7. The number of non-ortho nitro benzene ring substituents is 1. The SMILES string of the molecule is COc1ccc(C(C)NC(=O)c2ccc(-c3cccc([N+](=O)[O-])c3)o2)cc1. The van der Waals surface area contributed by atoms with E-state index in [-0.39, 0.29) is 23.4 Å². The molecule has 0 radical (unpaired) electrons. The van der Waals surface area contributed by atoms with Gasteiger partial charge < -0.3 is 14.5 Å². The minimum atomic E-state index is -0.476. The number of furan rings is 1. The molecule has 0 aliphatic carbocycles. The zero-order valence-electron chi connectivity index (χ0n) is 14.8. The number of hydrogen-bond acceptors (Lipinski definition) is 5. The molecule has 138 valence electrons. The van der Waals surface area contributed by atoms with E-state index in [0.717, 1.165) is 11.3 Å². The monoisotopic (exact) mass is 366 g/mol. The molecule has 0 aliphatic rings. The lowest BCUT2D eigenvalue weighted by molar-refractivity contribution is -0.384. The maximum absolute atomic E-state index is 12.4. The zero-order valence-corrected chi connectivity index (χ0v) is 14.8. The molecule has 2 aromatic carbocycles. The predicted octanol–water partition coefficient (Wildman–Crippen LogP) is 4.35. The molecule has 3 aromatic rings. The first-order chi connectivity index (χ1) is 13.0. The second-order valence-corrected chi connectivity index (χ2v) is 5.94. The van der Waals surface area contributed by atoms with Crippen LogP contribution >= 0.6 is 0 Å². The normalized spacial score (nSPS) is 11.6. The number of carbonyl (C=O) groups is 1. The Bertz CT molecular complexity index is 963. The first kappa shape index (κ1) is 18.2. The van der Waals surface area contributed by atoms with Crippen LogP contribution in [0.3, 0.4) is 0 Å². The quantitative estimate of drug-likeness (QED) is 0.517. The number of nitrogens with zero attached hydrogens (tertiary/aromatic N) is 1. The molecule has 0 saturated heterocycles. The van der Waals surface area contributed by atoms with E-state index >= 15 is 0 Å². The zero-order chi connectivity index (χ0) is 19.4. The molecule has 0 saturated carbocycles. The third-order valence-corrected chi connectivity index (χ3v) is 4.13. The number of nitro groups is 1. The summed E-state index contributed by atoms with van der Waals surface area (Å²) in [5, 5.41) is 13.8. The van der Waals surface area contributed by atoms with Gasteiger partial charge in [-0.1, -0.05) is 24.3 Å². The van der Waals surface area contributed by atoms with Gasteiger partial charge in [-0.3, -0.25) is 14.9 Å². The van der Waals surface area contributed by atoms with Crippen LogP contribution in [0.25, 0.3) is 11.3 Å². The van der Waals surface area contributed by atoms with E-state index in [2.05, 4.69) is 5.32 Å². The number of nitrogens with one attached hydrogen (secondary N) is 1. The summed E-state index contributed by atoms with van der Waals surface area (Å²) in [6.07, 6.45) is 0. The van der Waals surface area contributed by atoms with E-state index in [1.54, 1.807) is 31.4 Å². The molecule has 3 rings (SSSR count). The van der Waals surface area contributed by atoms with Crippen molar-refractivity contribution < 1.29 is 18.9 Å². The summed E-state index contributed by atoms with van der Waals surface area (Å²) >= 11 is 0. The number of ether oxygens (including phenoxy) is 1. The van der Waals surface area contributed by atoms with Crippen LogP contribution < -0.4 is 10.1 Å². The van der Waals surface area contributed by atoms with E-state index in [9.17, 15) is 14.9 Å². The molecule has 1 aromatic heterocycles. The van der Waals surface area contributed by atoms with E-state index in [0.29, 0.717) is 11.3 Å². The Labute approximate surface area is 155 Å². The van der Waals surface area contributed by atoms with Gasteiger partial charge in [0.1, 0.15) is 11.5 Å². The average Bonchev–Trinajstić information content (AvgIpc) is 3.18. The number of rotatable bonds is 6. The molecule has 1 amide bonds. The molecule has 27 heavy (non-hydrogen) atoms. The molecule has 0 spiro atoms. The van der Waals surface area contributed by atoms with Crippen molar-refractivity contribution >= 4 is 11.6 Å². The lowest BCUT2D eigenvalue weighted by atomic mass is 10.1. The van der Waals surface area contributed by atoms with Gasteiger partial charge in [-0.25, -0.2) is 0 Å². The summed E-state index contributed by atoms with van der Waals surface area (Å²) in [6, 6.07) is 16.4. The third kappa shape index (κ3) is 4.14. The van der Waals surface area contributed by atoms with Crippen LogP contribution in [0.15, 0.2) is 65.1 Å². The third-order valence-electron chi connectivity index (χ3n) is 4.13. The summed E-state index contributed by atoms with van der Waals surface area (Å²) in [5.74, 6) is 0.901. The van der Waals surface area contributed by atoms with Crippen LogP contribution in [0.2, 0.25) is 0 Å². The molecule has 7 nitrogen and oxygen atoms in total. The first-order valence-corrected chi connectivity index (χ1v) is 8.27. The van der Waals surface area contributed by atoms with Gasteiger partial charge in [0.15, 0.2) is 5.76 Å². The Morgan fingerprint density at radius 2 is 1.89 bits per heavy atom. The highest BCUT2D eigenvalue weighted by atomic mass is 16.6. The van der Waals surface area contributed by atoms with Crippen molar-refractivity contribution in [2.24, 2.45) is 0 Å². The summed E-state index contributed by atoms with van der Waals surface area (Å²) in [6.45, 7) is 1.87. The topological polar surface area (TPSA) is 94.6 Å². The maximum atomic E-state index is 12.4. The van der Waals surface area contributed by atoms with Gasteiger partial charge in [0, 0.05) is 17.7 Å². The van der Waals surface area contributed by atoms with Crippen molar-refractivity contribution in [3.8, 4) is 17.1 Å². The molecular weight excluding hydrogens is 348 g/mol. The van der Waals surface area contributed by atoms with Crippen LogP contribution in [0, 0.1) is 10.1 Å². The van der Waals surface area contributed by atoms with Crippen molar-refractivity contribution in [3.63, 3.8) is 0 Å². The largest absolute Gasteiger partial charge is 0.497 e. The van der Waals surface area contributed by atoms with Crippen molar-refractivity contribution in [1.82, 2.24) is 5.32 Å². The van der Waals surface area contributed by atoms with Gasteiger partial charge in [0.25, 0.3) is 11.6 Å². The van der Waals surface area contributed by atoms with Crippen LogP contribution in [0.4, 0.5) is 5.69 Å². The van der Waals surface area contributed by atoms with E-state index < -0.39 is 4.92 Å². The summed E-state index contributed by atoms with van der Waals surface area (Å²) in [7, 11) is 1.59. The van der Waals surface area contributed by atoms with Gasteiger partial charge in [-0.05, 0) is 36.8 Å². The molecule has 7 heteroatoms. The summed E-state index contributed by atoms with van der Waals surface area (Å²) in [4.78, 5) is 22.9. The highest BCUT2D eigenvalue weighted by Crippen LogP contribution is 2.26. The second-order valence-electron chi connectivity index (χ2n) is 5.94. The molecule has 0 bridgehead atoms. The highest BCUT2D eigenvalue weighted by molar-refractivity contribution is 5.92. The van der Waals surface area contributed by atoms with Gasteiger partial charge in [0.2, 0.25) is 0 Å². The Morgan fingerprint density at radius 3 is 2.56 bits per heavy atom. The van der Waals surface area contributed by atoms with Crippen molar-refractivity contribution in [2.75, 3.05) is 7.11 Å². The van der Waals surface area contributed by atoms with E-state index in [1.165, 1.54) is 12.1 Å². The lowest BCUT2D eigenvalue weighted by Crippen LogP contribution is -2.26. The number of methoxy groups -OCH3 is 1. The molecular formula is C20H18N2O5. The number of carbonyl (C=O) groups excluding carboxylic acids is 1. The molecule has 0 fully saturated rings. The molecule has 1 heterocycles. The fraction of sp³-hybridized carbons (Fsp3) is 0.150. The van der Waals surface area contributed by atoms with Crippen LogP contribution in [0.1, 0.15) is 29.1 Å². The minimum Gasteiger partial charge on any atom is -0.497 e.